The van der Waals surface area contributed by atoms with E-state index in [0.717, 1.165) is 81.0 Å². The largest absolute Gasteiger partial charge is 0.382 e. The molecule has 4 heterocycles. The Morgan fingerprint density at radius 3 is 2.39 bits per heavy atom. The minimum absolute atomic E-state index is 0.106. The maximum absolute atomic E-state index is 12.1. The fourth-order valence-electron chi connectivity index (χ4n) is 4.56. The standard InChI is InChI=1S/C12H13N7.C11H16N2O/c1-3-19-11(8-4-14-7(2)15-5-8)18-9-10(13)16-6-17-12(9)19;12-9-11(5-1-2-6-11)10(14)13-7-3-4-8-13/h4-6H,3H2,1-2H3,(H2,13,16,17);1-8H2. The van der Waals surface area contributed by atoms with Crippen molar-refractivity contribution in [2.24, 2.45) is 5.41 Å². The molecule has 10 heteroatoms. The summed E-state index contributed by atoms with van der Waals surface area (Å²) in [4.78, 5) is 35.1. The van der Waals surface area contributed by atoms with E-state index in [0.29, 0.717) is 11.3 Å². The minimum Gasteiger partial charge on any atom is -0.382 e. The van der Waals surface area contributed by atoms with E-state index in [1.165, 1.54) is 6.33 Å². The highest BCUT2D eigenvalue weighted by Gasteiger charge is 2.44. The van der Waals surface area contributed by atoms with Crippen LogP contribution in [0.1, 0.15) is 51.3 Å². The Bertz CT molecular complexity index is 1170. The highest BCUT2D eigenvalue weighted by molar-refractivity contribution is 5.86. The molecule has 3 aromatic rings. The summed E-state index contributed by atoms with van der Waals surface area (Å²) < 4.78 is 1.97. The lowest BCUT2D eigenvalue weighted by Crippen LogP contribution is -2.40. The van der Waals surface area contributed by atoms with Crippen molar-refractivity contribution >= 4 is 22.9 Å². The van der Waals surface area contributed by atoms with Gasteiger partial charge in [-0.1, -0.05) is 12.8 Å². The van der Waals surface area contributed by atoms with Crippen LogP contribution in [0.3, 0.4) is 0 Å². The monoisotopic (exact) mass is 447 g/mol. The first kappa shape index (κ1) is 22.6. The van der Waals surface area contributed by atoms with Gasteiger partial charge in [-0.25, -0.2) is 24.9 Å². The van der Waals surface area contributed by atoms with Crippen molar-refractivity contribution in [3.8, 4) is 17.5 Å². The van der Waals surface area contributed by atoms with Gasteiger partial charge in [-0.15, -0.1) is 0 Å². The molecule has 172 valence electrons. The van der Waals surface area contributed by atoms with Crippen LogP contribution in [0.2, 0.25) is 0 Å². The molecule has 1 saturated carbocycles. The Balaban J connectivity index is 0.000000165. The van der Waals surface area contributed by atoms with Crippen molar-refractivity contribution in [1.29, 1.82) is 5.26 Å². The minimum atomic E-state index is -0.648. The molecule has 0 bridgehead atoms. The van der Waals surface area contributed by atoms with Crippen LogP contribution >= 0.6 is 0 Å². The number of carbonyl (C=O) groups excluding carboxylic acids is 1. The quantitative estimate of drug-likeness (QED) is 0.646. The van der Waals surface area contributed by atoms with Crippen LogP contribution in [0.4, 0.5) is 5.82 Å². The molecule has 1 amide bonds. The molecule has 1 saturated heterocycles. The zero-order valence-corrected chi connectivity index (χ0v) is 19.2. The molecule has 5 rings (SSSR count). The summed E-state index contributed by atoms with van der Waals surface area (Å²) >= 11 is 0. The fourth-order valence-corrected chi connectivity index (χ4v) is 4.56. The van der Waals surface area contributed by atoms with Gasteiger partial charge in [-0.05, 0) is 39.5 Å². The maximum atomic E-state index is 12.1. The Hall–Kier alpha value is -3.61. The number of aryl methyl sites for hydroxylation is 2. The molecule has 0 spiro atoms. The second-order valence-electron chi connectivity index (χ2n) is 8.53. The summed E-state index contributed by atoms with van der Waals surface area (Å²) in [7, 11) is 0. The molecule has 10 nitrogen and oxygen atoms in total. The number of nitrogen functional groups attached to an aromatic ring is 1. The highest BCUT2D eigenvalue weighted by Crippen LogP contribution is 2.39. The average Bonchev–Trinajstić information content (AvgIpc) is 3.60. The van der Waals surface area contributed by atoms with E-state index < -0.39 is 5.41 Å². The van der Waals surface area contributed by atoms with Crippen molar-refractivity contribution in [2.45, 2.75) is 58.9 Å². The first-order valence-electron chi connectivity index (χ1n) is 11.5. The van der Waals surface area contributed by atoms with E-state index in [-0.39, 0.29) is 5.91 Å². The Labute approximate surface area is 192 Å². The second-order valence-corrected chi connectivity index (χ2v) is 8.53. The van der Waals surface area contributed by atoms with E-state index in [1.54, 1.807) is 12.4 Å². The van der Waals surface area contributed by atoms with Crippen LogP contribution in [0.15, 0.2) is 18.7 Å². The molecule has 2 aliphatic rings. The van der Waals surface area contributed by atoms with Crippen LogP contribution in [-0.4, -0.2) is 53.4 Å². The third-order valence-electron chi connectivity index (χ3n) is 6.39. The molecule has 1 aliphatic heterocycles. The number of likely N-dealkylation sites (tertiary alicyclic amines) is 1. The number of nitrogens with zero attached hydrogens (tertiary/aromatic N) is 8. The van der Waals surface area contributed by atoms with Crippen LogP contribution in [0, 0.1) is 23.7 Å². The molecule has 0 atom stereocenters. The molecule has 2 fully saturated rings. The summed E-state index contributed by atoms with van der Waals surface area (Å²) in [6.45, 7) is 6.33. The average molecular weight is 448 g/mol. The zero-order valence-electron chi connectivity index (χ0n) is 19.2. The number of carbonyl (C=O) groups is 1. The molecular formula is C23H29N9O. The van der Waals surface area contributed by atoms with Gasteiger partial charge in [-0.3, -0.25) is 4.79 Å². The molecule has 0 unspecified atom stereocenters. The predicted molar refractivity (Wildman–Crippen MR) is 124 cm³/mol. The maximum Gasteiger partial charge on any atom is 0.243 e. The fraction of sp³-hybridized carbons (Fsp3) is 0.522. The molecule has 2 N–H and O–H groups in total. The number of nitrogens with two attached hydrogens (primary N) is 1. The molecular weight excluding hydrogens is 418 g/mol. The van der Waals surface area contributed by atoms with Crippen LogP contribution in [0.25, 0.3) is 22.6 Å². The highest BCUT2D eigenvalue weighted by atomic mass is 16.2. The van der Waals surface area contributed by atoms with Crippen LogP contribution in [0.5, 0.6) is 0 Å². The van der Waals surface area contributed by atoms with Gasteiger partial charge in [0.2, 0.25) is 5.91 Å². The first-order valence-corrected chi connectivity index (χ1v) is 11.5. The summed E-state index contributed by atoms with van der Waals surface area (Å²) in [5.41, 5.74) is 7.36. The van der Waals surface area contributed by atoms with Gasteiger partial charge < -0.3 is 15.2 Å². The van der Waals surface area contributed by atoms with Crippen molar-refractivity contribution in [3.63, 3.8) is 0 Å². The molecule has 33 heavy (non-hydrogen) atoms. The van der Waals surface area contributed by atoms with Crippen LogP contribution < -0.4 is 5.73 Å². The summed E-state index contributed by atoms with van der Waals surface area (Å²) in [5, 5.41) is 9.15. The van der Waals surface area contributed by atoms with Gasteiger partial charge in [0, 0.05) is 32.0 Å². The summed E-state index contributed by atoms with van der Waals surface area (Å²) in [6, 6.07) is 2.26. The Morgan fingerprint density at radius 2 is 1.79 bits per heavy atom. The molecule has 0 radical (unpaired) electrons. The van der Waals surface area contributed by atoms with Crippen LogP contribution in [-0.2, 0) is 11.3 Å². The lowest BCUT2D eigenvalue weighted by Gasteiger charge is -2.25. The van der Waals surface area contributed by atoms with E-state index in [4.69, 9.17) is 11.0 Å². The van der Waals surface area contributed by atoms with Gasteiger partial charge in [0.1, 0.15) is 23.4 Å². The van der Waals surface area contributed by atoms with Gasteiger partial charge in [0.05, 0.1) is 11.6 Å². The number of hydrogen-bond donors (Lipinski definition) is 1. The zero-order chi connectivity index (χ0) is 23.4. The third kappa shape index (κ3) is 4.35. The first-order chi connectivity index (χ1) is 16.0. The SMILES string of the molecule is CCn1c(-c2cnc(C)nc2)nc2c(N)ncnc21.N#CC1(C(=O)N2CCCC2)CCCC1. The van der Waals surface area contributed by atoms with Gasteiger partial charge >= 0.3 is 0 Å². The lowest BCUT2D eigenvalue weighted by atomic mass is 9.86. The predicted octanol–water partition coefficient (Wildman–Crippen LogP) is 2.89. The molecule has 3 aromatic heterocycles. The third-order valence-corrected chi connectivity index (χ3v) is 6.39. The summed E-state index contributed by atoms with van der Waals surface area (Å²) in [6.07, 6.45) is 10.8. The second kappa shape index (κ2) is 9.48. The van der Waals surface area contributed by atoms with Gasteiger partial charge in [0.25, 0.3) is 0 Å². The number of rotatable bonds is 3. The van der Waals surface area contributed by atoms with E-state index in [9.17, 15) is 4.79 Å². The number of hydrogen-bond acceptors (Lipinski definition) is 8. The number of amides is 1. The van der Waals surface area contributed by atoms with E-state index in [2.05, 4.69) is 31.0 Å². The molecule has 1 aliphatic carbocycles. The Morgan fingerprint density at radius 1 is 1.12 bits per heavy atom. The van der Waals surface area contributed by atoms with Crippen molar-refractivity contribution in [3.05, 3.63) is 24.5 Å². The van der Waals surface area contributed by atoms with Gasteiger partial charge in [0.15, 0.2) is 17.0 Å². The lowest BCUT2D eigenvalue weighted by molar-refractivity contribution is -0.137. The molecule has 0 aromatic carbocycles. The van der Waals surface area contributed by atoms with Crippen molar-refractivity contribution < 1.29 is 4.79 Å². The normalized spacial score (nSPS) is 16.9. The topological polar surface area (TPSA) is 140 Å². The smallest absolute Gasteiger partial charge is 0.243 e. The Kier molecular flexibility index (Phi) is 6.49. The van der Waals surface area contributed by atoms with Crippen molar-refractivity contribution in [2.75, 3.05) is 18.8 Å². The van der Waals surface area contributed by atoms with Gasteiger partial charge in [-0.2, -0.15) is 5.26 Å². The number of aromatic nitrogens is 6. The summed E-state index contributed by atoms with van der Waals surface area (Å²) in [5.74, 6) is 1.97. The number of imidazole rings is 1. The number of nitriles is 1. The van der Waals surface area contributed by atoms with E-state index in [1.807, 2.05) is 23.3 Å². The van der Waals surface area contributed by atoms with E-state index >= 15 is 0 Å². The van der Waals surface area contributed by atoms with Crippen molar-refractivity contribution in [1.82, 2.24) is 34.4 Å². The number of anilines is 1. The number of fused-ring (bicyclic) bond motifs is 1.